The largest absolute Gasteiger partial charge is 0.469 e. The Morgan fingerprint density at radius 3 is 2.45 bits per heavy atom. The van der Waals surface area contributed by atoms with Crippen molar-refractivity contribution in [3.05, 3.63) is 0 Å². The van der Waals surface area contributed by atoms with Crippen LogP contribution in [0.15, 0.2) is 4.99 Å². The quantitative estimate of drug-likeness (QED) is 0.447. The maximum atomic E-state index is 11.8. The van der Waals surface area contributed by atoms with Crippen LogP contribution >= 0.6 is 0 Å². The summed E-state index contributed by atoms with van der Waals surface area (Å²) >= 11 is 0. The second-order valence-corrected chi connectivity index (χ2v) is 9.09. The molecule has 0 bridgehead atoms. The summed E-state index contributed by atoms with van der Waals surface area (Å²) in [4.78, 5) is 17.9. The van der Waals surface area contributed by atoms with Gasteiger partial charge in [0.05, 0.1) is 17.8 Å². The fourth-order valence-electron chi connectivity index (χ4n) is 2.35. The molecule has 0 radical (unpaired) electrons. The molecule has 1 fully saturated rings. The van der Waals surface area contributed by atoms with Gasteiger partial charge in [-0.05, 0) is 19.8 Å². The van der Waals surface area contributed by atoms with Gasteiger partial charge in [0.2, 0.25) is 0 Å². The first-order chi connectivity index (χ1) is 10.0. The summed E-state index contributed by atoms with van der Waals surface area (Å²) in [5.74, 6) is 0.359. The number of hydrogen-bond donors (Lipinski definition) is 1. The molecule has 0 amide bonds. The van der Waals surface area contributed by atoms with E-state index in [4.69, 9.17) is 4.74 Å². The van der Waals surface area contributed by atoms with Gasteiger partial charge in [-0.1, -0.05) is 6.92 Å². The molecule has 1 N–H and O–H groups in total. The molecule has 0 aromatic rings. The van der Waals surface area contributed by atoms with Crippen LogP contribution in [0.4, 0.5) is 0 Å². The van der Waals surface area contributed by atoms with Crippen molar-refractivity contribution < 1.29 is 17.9 Å². The molecule has 8 heteroatoms. The average Bonchev–Trinajstić information content (AvgIpc) is 2.79. The molecule has 2 unspecified atom stereocenters. The van der Waals surface area contributed by atoms with E-state index >= 15 is 0 Å². The van der Waals surface area contributed by atoms with Gasteiger partial charge in [-0.15, -0.1) is 0 Å². The summed E-state index contributed by atoms with van der Waals surface area (Å²) in [7, 11) is -0.146. The van der Waals surface area contributed by atoms with E-state index in [1.807, 2.05) is 11.8 Å². The van der Waals surface area contributed by atoms with Crippen molar-refractivity contribution in [1.82, 2.24) is 10.2 Å². The van der Waals surface area contributed by atoms with E-state index < -0.39 is 14.6 Å². The van der Waals surface area contributed by atoms with E-state index in [0.717, 1.165) is 0 Å². The summed E-state index contributed by atoms with van der Waals surface area (Å²) in [6.45, 7) is 6.80. The number of aliphatic imine (C=N–C) groups is 1. The van der Waals surface area contributed by atoms with E-state index in [-0.39, 0.29) is 24.3 Å². The molecular weight excluding hydrogens is 306 g/mol. The molecule has 1 aliphatic rings. The molecule has 0 saturated carbocycles. The maximum Gasteiger partial charge on any atom is 0.310 e. The van der Waals surface area contributed by atoms with Crippen LogP contribution in [0.5, 0.6) is 0 Å². The Morgan fingerprint density at radius 1 is 1.41 bits per heavy atom. The Hall–Kier alpha value is -1.31. The van der Waals surface area contributed by atoms with Crippen molar-refractivity contribution in [3.8, 4) is 0 Å². The fourth-order valence-corrected chi connectivity index (χ4v) is 2.69. The lowest BCUT2D eigenvalue weighted by Gasteiger charge is -2.27. The highest BCUT2D eigenvalue weighted by Gasteiger charge is 2.37. The van der Waals surface area contributed by atoms with Crippen molar-refractivity contribution in [2.45, 2.75) is 25.5 Å². The first kappa shape index (κ1) is 18.7. The lowest BCUT2D eigenvalue weighted by atomic mass is 9.99. The Labute approximate surface area is 133 Å². The van der Waals surface area contributed by atoms with Gasteiger partial charge in [0, 0.05) is 32.9 Å². The second kappa shape index (κ2) is 6.85. The molecule has 2 atom stereocenters. The summed E-state index contributed by atoms with van der Waals surface area (Å²) < 4.78 is 27.4. The summed E-state index contributed by atoms with van der Waals surface area (Å²) in [6, 6.07) is 0. The lowest BCUT2D eigenvalue weighted by Crippen LogP contribution is -2.48. The van der Waals surface area contributed by atoms with Gasteiger partial charge < -0.3 is 15.0 Å². The first-order valence-corrected chi connectivity index (χ1v) is 9.15. The van der Waals surface area contributed by atoms with Crippen LogP contribution in [0.1, 0.15) is 20.8 Å². The molecule has 0 aromatic carbocycles. The highest BCUT2D eigenvalue weighted by atomic mass is 32.2. The van der Waals surface area contributed by atoms with Crippen LogP contribution in [0.3, 0.4) is 0 Å². The number of nitrogens with one attached hydrogen (secondary N) is 1. The van der Waals surface area contributed by atoms with Crippen molar-refractivity contribution in [3.63, 3.8) is 0 Å². The number of rotatable bonds is 4. The number of esters is 1. The highest BCUT2D eigenvalue weighted by Crippen LogP contribution is 2.24. The molecular formula is C14H27N3O4S. The van der Waals surface area contributed by atoms with Gasteiger partial charge in [0.25, 0.3) is 0 Å². The highest BCUT2D eigenvalue weighted by molar-refractivity contribution is 7.92. The molecule has 0 aromatic heterocycles. The third-order valence-electron chi connectivity index (χ3n) is 4.30. The van der Waals surface area contributed by atoms with Crippen molar-refractivity contribution >= 4 is 21.8 Å². The van der Waals surface area contributed by atoms with E-state index in [2.05, 4.69) is 10.3 Å². The molecule has 128 valence electrons. The molecule has 22 heavy (non-hydrogen) atoms. The number of methoxy groups -OCH3 is 1. The minimum absolute atomic E-state index is 0.161. The van der Waals surface area contributed by atoms with Crippen molar-refractivity contribution in [2.24, 2.45) is 16.8 Å². The predicted octanol–water partition coefficient (Wildman–Crippen LogP) is 0.126. The van der Waals surface area contributed by atoms with E-state index in [1.54, 1.807) is 20.9 Å². The normalized spacial score (nSPS) is 23.5. The summed E-state index contributed by atoms with van der Waals surface area (Å²) in [6.07, 6.45) is 1.22. The van der Waals surface area contributed by atoms with Crippen molar-refractivity contribution in [1.29, 1.82) is 0 Å². The van der Waals surface area contributed by atoms with Gasteiger partial charge in [-0.25, -0.2) is 8.42 Å². The SMILES string of the molecule is CN=C(NCC(C)(C)S(C)(=O)=O)N1CC(C)C(C(=O)OC)C1. The second-order valence-electron chi connectivity index (χ2n) is 6.44. The van der Waals surface area contributed by atoms with Gasteiger partial charge in [-0.2, -0.15) is 0 Å². The molecule has 0 aliphatic carbocycles. The number of ether oxygens (including phenoxy) is 1. The van der Waals surface area contributed by atoms with Crippen LogP contribution in [0.25, 0.3) is 0 Å². The minimum Gasteiger partial charge on any atom is -0.469 e. The zero-order valence-electron chi connectivity index (χ0n) is 14.2. The number of sulfone groups is 1. The Morgan fingerprint density at radius 2 is 2.00 bits per heavy atom. The smallest absolute Gasteiger partial charge is 0.310 e. The molecule has 1 rings (SSSR count). The van der Waals surface area contributed by atoms with Crippen LogP contribution in [-0.2, 0) is 19.4 Å². The standard InChI is InChI=1S/C14H27N3O4S/c1-10-7-17(8-11(10)12(18)21-5)13(15-4)16-9-14(2,3)22(6,19)20/h10-11H,7-9H2,1-6H3,(H,15,16). The van der Waals surface area contributed by atoms with Crippen LogP contribution < -0.4 is 5.32 Å². The van der Waals surface area contributed by atoms with Crippen LogP contribution in [0, 0.1) is 11.8 Å². The zero-order chi connectivity index (χ0) is 17.1. The van der Waals surface area contributed by atoms with Crippen LogP contribution in [-0.4, -0.2) is 70.0 Å². The number of likely N-dealkylation sites (tertiary alicyclic amines) is 1. The van der Waals surface area contributed by atoms with Gasteiger partial charge in [0.1, 0.15) is 0 Å². The fraction of sp³-hybridized carbons (Fsp3) is 0.857. The Bertz CT molecular complexity index is 542. The number of carbonyl (C=O) groups excluding carboxylic acids is 1. The average molecular weight is 333 g/mol. The molecule has 7 nitrogen and oxygen atoms in total. The van der Waals surface area contributed by atoms with E-state index in [9.17, 15) is 13.2 Å². The van der Waals surface area contributed by atoms with Gasteiger partial charge in [0.15, 0.2) is 15.8 Å². The molecule has 1 aliphatic heterocycles. The summed E-state index contributed by atoms with van der Waals surface area (Å²) in [5, 5.41) is 3.10. The van der Waals surface area contributed by atoms with Crippen molar-refractivity contribution in [2.75, 3.05) is 40.0 Å². The first-order valence-electron chi connectivity index (χ1n) is 7.26. The molecule has 1 heterocycles. The number of carbonyl (C=O) groups is 1. The Balaban J connectivity index is 2.74. The predicted molar refractivity (Wildman–Crippen MR) is 86.5 cm³/mol. The number of guanidine groups is 1. The molecule has 1 saturated heterocycles. The summed E-state index contributed by atoms with van der Waals surface area (Å²) in [5.41, 5.74) is 0. The van der Waals surface area contributed by atoms with E-state index in [1.165, 1.54) is 13.4 Å². The van der Waals surface area contributed by atoms with E-state index in [0.29, 0.717) is 19.0 Å². The Kier molecular flexibility index (Phi) is 5.83. The third kappa shape index (κ3) is 4.12. The monoisotopic (exact) mass is 333 g/mol. The lowest BCUT2D eigenvalue weighted by molar-refractivity contribution is -0.145. The molecule has 0 spiro atoms. The van der Waals surface area contributed by atoms with Gasteiger partial charge >= 0.3 is 5.97 Å². The number of nitrogens with zero attached hydrogens (tertiary/aromatic N) is 2. The topological polar surface area (TPSA) is 88.1 Å². The third-order valence-corrected chi connectivity index (χ3v) is 6.46. The van der Waals surface area contributed by atoms with Crippen LogP contribution in [0.2, 0.25) is 0 Å². The maximum absolute atomic E-state index is 11.8. The number of hydrogen-bond acceptors (Lipinski definition) is 5. The zero-order valence-corrected chi connectivity index (χ0v) is 15.0. The minimum atomic E-state index is -3.18. The van der Waals surface area contributed by atoms with Gasteiger partial charge in [-0.3, -0.25) is 9.79 Å².